The van der Waals surface area contributed by atoms with Gasteiger partial charge in [0.05, 0.1) is 5.71 Å². The number of anilines is 1. The lowest BCUT2D eigenvalue weighted by atomic mass is 9.86. The highest BCUT2D eigenvalue weighted by Gasteiger charge is 2.50. The minimum Gasteiger partial charge on any atom is -0.323 e. The predicted molar refractivity (Wildman–Crippen MR) is 77.4 cm³/mol. The molecule has 0 aliphatic carbocycles. The van der Waals surface area contributed by atoms with E-state index < -0.39 is 11.4 Å². The highest BCUT2D eigenvalue weighted by atomic mass is 19.1. The molecule has 0 aromatic heterocycles. The molecule has 22 heavy (non-hydrogen) atoms. The summed E-state index contributed by atoms with van der Waals surface area (Å²) in [5, 5.41) is 6.95. The van der Waals surface area contributed by atoms with Crippen LogP contribution in [0, 0.1) is 11.6 Å². The molecule has 0 radical (unpaired) electrons. The maximum Gasteiger partial charge on any atom is 0.256 e. The third-order valence-electron chi connectivity index (χ3n) is 4.07. The minimum absolute atomic E-state index is 0.269. The molecule has 2 aliphatic rings. The Morgan fingerprint density at radius 2 is 1.77 bits per heavy atom. The highest BCUT2D eigenvalue weighted by molar-refractivity contribution is 6.13. The van der Waals surface area contributed by atoms with E-state index in [9.17, 15) is 13.6 Å². The molecule has 2 heterocycles. The van der Waals surface area contributed by atoms with Crippen molar-refractivity contribution in [3.05, 3.63) is 65.2 Å². The minimum atomic E-state index is -1.10. The lowest BCUT2D eigenvalue weighted by Gasteiger charge is -2.20. The van der Waals surface area contributed by atoms with Gasteiger partial charge < -0.3 is 5.32 Å². The SMILES string of the molecule is O=C1Nc2ccc(F)cc2[C@@]12CC(c1ccc(F)cc1)=NN2. The van der Waals surface area contributed by atoms with Gasteiger partial charge in [0.15, 0.2) is 5.54 Å². The Morgan fingerprint density at radius 1 is 1.05 bits per heavy atom. The molecule has 6 heteroatoms. The van der Waals surface area contributed by atoms with Crippen molar-refractivity contribution in [1.29, 1.82) is 0 Å². The van der Waals surface area contributed by atoms with Crippen LogP contribution >= 0.6 is 0 Å². The number of rotatable bonds is 1. The van der Waals surface area contributed by atoms with Crippen molar-refractivity contribution in [2.75, 3.05) is 5.32 Å². The number of hydrogen-bond acceptors (Lipinski definition) is 3. The number of carbonyl (C=O) groups is 1. The molecule has 0 unspecified atom stereocenters. The van der Waals surface area contributed by atoms with Crippen LogP contribution in [0.2, 0.25) is 0 Å². The normalized spacial score (nSPS) is 22.3. The van der Waals surface area contributed by atoms with Gasteiger partial charge in [-0.1, -0.05) is 12.1 Å². The predicted octanol–water partition coefficient (Wildman–Crippen LogP) is 2.51. The number of fused-ring (bicyclic) bond motifs is 2. The van der Waals surface area contributed by atoms with E-state index in [1.165, 1.54) is 30.3 Å². The molecular weight excluding hydrogens is 288 g/mol. The van der Waals surface area contributed by atoms with Gasteiger partial charge in [-0.25, -0.2) is 8.78 Å². The van der Waals surface area contributed by atoms with E-state index in [4.69, 9.17) is 0 Å². The Morgan fingerprint density at radius 3 is 2.55 bits per heavy atom. The second-order valence-corrected chi connectivity index (χ2v) is 5.40. The molecule has 0 saturated carbocycles. The van der Waals surface area contributed by atoms with E-state index in [1.807, 2.05) is 0 Å². The second kappa shape index (κ2) is 4.37. The summed E-state index contributed by atoms with van der Waals surface area (Å²) in [5.74, 6) is -1.02. The number of nitrogens with one attached hydrogen (secondary N) is 2. The van der Waals surface area contributed by atoms with Gasteiger partial charge in [0.25, 0.3) is 5.91 Å². The van der Waals surface area contributed by atoms with E-state index in [2.05, 4.69) is 15.8 Å². The zero-order valence-electron chi connectivity index (χ0n) is 11.4. The summed E-state index contributed by atoms with van der Waals surface area (Å²) < 4.78 is 26.6. The maximum atomic E-state index is 13.5. The molecule has 4 nitrogen and oxygen atoms in total. The van der Waals surface area contributed by atoms with Crippen molar-refractivity contribution >= 4 is 17.3 Å². The molecule has 1 atom stereocenters. The van der Waals surface area contributed by atoms with Gasteiger partial charge in [0.1, 0.15) is 11.6 Å². The fourth-order valence-corrected chi connectivity index (χ4v) is 2.92. The first-order chi connectivity index (χ1) is 10.6. The van der Waals surface area contributed by atoms with E-state index in [-0.39, 0.29) is 18.1 Å². The van der Waals surface area contributed by atoms with E-state index in [0.717, 1.165) is 5.56 Å². The van der Waals surface area contributed by atoms with Crippen LogP contribution in [0.25, 0.3) is 0 Å². The van der Waals surface area contributed by atoms with Gasteiger partial charge in [-0.3, -0.25) is 10.2 Å². The molecule has 2 N–H and O–H groups in total. The summed E-state index contributed by atoms with van der Waals surface area (Å²) >= 11 is 0. The van der Waals surface area contributed by atoms with Crippen LogP contribution < -0.4 is 10.7 Å². The largest absolute Gasteiger partial charge is 0.323 e. The van der Waals surface area contributed by atoms with Crippen LogP contribution in [0.3, 0.4) is 0 Å². The number of hydrogen-bond donors (Lipinski definition) is 2. The summed E-state index contributed by atoms with van der Waals surface area (Å²) in [7, 11) is 0. The number of halogens is 2. The summed E-state index contributed by atoms with van der Waals surface area (Å²) in [4.78, 5) is 12.4. The van der Waals surface area contributed by atoms with Gasteiger partial charge >= 0.3 is 0 Å². The van der Waals surface area contributed by atoms with Crippen LogP contribution in [0.5, 0.6) is 0 Å². The average molecular weight is 299 g/mol. The standard InChI is InChI=1S/C16H11F2N3O/c17-10-3-1-9(2-4-10)14-8-16(21-20-14)12-7-11(18)5-6-13(12)19-15(16)22/h1-7,21H,8H2,(H,19,22)/t16-/m0/s1. The highest BCUT2D eigenvalue weighted by Crippen LogP contribution is 2.41. The Bertz CT molecular complexity index is 817. The zero-order valence-corrected chi connectivity index (χ0v) is 11.4. The number of amides is 1. The van der Waals surface area contributed by atoms with Gasteiger partial charge in [0.2, 0.25) is 0 Å². The Kier molecular flexibility index (Phi) is 2.57. The summed E-state index contributed by atoms with van der Waals surface area (Å²) in [6.45, 7) is 0. The van der Waals surface area contributed by atoms with Crippen molar-refractivity contribution in [1.82, 2.24) is 5.43 Å². The topological polar surface area (TPSA) is 53.5 Å². The first-order valence-corrected chi connectivity index (χ1v) is 6.80. The van der Waals surface area contributed by atoms with Gasteiger partial charge in [-0.2, -0.15) is 5.10 Å². The van der Waals surface area contributed by atoms with Crippen LogP contribution in [0.4, 0.5) is 14.5 Å². The Balaban J connectivity index is 1.73. The molecule has 110 valence electrons. The van der Waals surface area contributed by atoms with Crippen LogP contribution in [0.15, 0.2) is 47.6 Å². The molecule has 4 rings (SSSR count). The molecule has 2 aromatic carbocycles. The van der Waals surface area contributed by atoms with E-state index in [1.54, 1.807) is 12.1 Å². The first kappa shape index (κ1) is 12.9. The van der Waals surface area contributed by atoms with Crippen LogP contribution in [-0.4, -0.2) is 11.6 Å². The molecule has 0 bridgehead atoms. The zero-order chi connectivity index (χ0) is 15.3. The smallest absolute Gasteiger partial charge is 0.256 e. The average Bonchev–Trinajstić information content (AvgIpc) is 3.06. The van der Waals surface area contributed by atoms with Crippen molar-refractivity contribution in [2.24, 2.45) is 5.10 Å². The molecule has 1 amide bonds. The first-order valence-electron chi connectivity index (χ1n) is 6.80. The van der Waals surface area contributed by atoms with Crippen molar-refractivity contribution in [2.45, 2.75) is 12.0 Å². The fourth-order valence-electron chi connectivity index (χ4n) is 2.92. The fraction of sp³-hybridized carbons (Fsp3) is 0.125. The molecule has 0 saturated heterocycles. The van der Waals surface area contributed by atoms with Crippen molar-refractivity contribution in [3.63, 3.8) is 0 Å². The number of nitrogens with zero attached hydrogens (tertiary/aromatic N) is 1. The second-order valence-electron chi connectivity index (χ2n) is 5.40. The third-order valence-corrected chi connectivity index (χ3v) is 4.07. The van der Waals surface area contributed by atoms with Crippen LogP contribution in [-0.2, 0) is 10.3 Å². The number of hydrazone groups is 1. The van der Waals surface area contributed by atoms with Crippen molar-refractivity contribution < 1.29 is 13.6 Å². The van der Waals surface area contributed by atoms with Gasteiger partial charge in [-0.05, 0) is 35.9 Å². The summed E-state index contributed by atoms with van der Waals surface area (Å²) in [6, 6.07) is 10.1. The number of carbonyl (C=O) groups excluding carboxylic acids is 1. The molecule has 2 aromatic rings. The molecule has 0 fully saturated rings. The lowest BCUT2D eigenvalue weighted by Crippen LogP contribution is -2.42. The monoisotopic (exact) mass is 299 g/mol. The molecule has 1 spiro atoms. The molecular formula is C16H11F2N3O. The lowest BCUT2D eigenvalue weighted by molar-refractivity contribution is -0.121. The van der Waals surface area contributed by atoms with Crippen LogP contribution in [0.1, 0.15) is 17.5 Å². The summed E-state index contributed by atoms with van der Waals surface area (Å²) in [6.07, 6.45) is 0.279. The van der Waals surface area contributed by atoms with Crippen molar-refractivity contribution in [3.8, 4) is 0 Å². The van der Waals surface area contributed by atoms with Gasteiger partial charge in [-0.15, -0.1) is 0 Å². The quantitative estimate of drug-likeness (QED) is 0.850. The molecule has 2 aliphatic heterocycles. The third kappa shape index (κ3) is 1.73. The summed E-state index contributed by atoms with van der Waals surface area (Å²) in [5.41, 5.74) is 4.22. The maximum absolute atomic E-state index is 13.5. The van der Waals surface area contributed by atoms with E-state index >= 15 is 0 Å². The Hall–Kier alpha value is -2.76. The van der Waals surface area contributed by atoms with E-state index in [0.29, 0.717) is 17.0 Å². The Labute approximate surface area is 124 Å². The number of benzene rings is 2. The van der Waals surface area contributed by atoms with Gasteiger partial charge in [0, 0.05) is 17.7 Å².